The second-order valence-electron chi connectivity index (χ2n) is 7.79. The first kappa shape index (κ1) is 33.8. The van der Waals surface area contributed by atoms with Crippen LogP contribution in [0.4, 0.5) is 19.3 Å². The standard InChI is InChI=1S/C21H19ClF2N5O7P.2Na/c22-14-7-11(1-4-15(14)23)26-20(30)13-2-5-16(24)19-12(13)3-6-17(19)27-21(31)35-8-18-25-9-29(28-18)10-36-37(32,33)34;;/h1-2,4-5,7,9,17H,3,6,8,10H2,(H,26,30)(H,27,31)(H2,32,33,34);;/q;2*+1/p-2/t17-;;/m0../s1. The summed E-state index contributed by atoms with van der Waals surface area (Å²) in [5, 5.41) is 8.73. The van der Waals surface area contributed by atoms with Gasteiger partial charge in [-0.1, -0.05) is 11.6 Å². The van der Waals surface area contributed by atoms with Gasteiger partial charge in [-0.3, -0.25) is 4.79 Å². The zero-order valence-electron chi connectivity index (χ0n) is 20.7. The smallest absolute Gasteiger partial charge is 0.790 e. The van der Waals surface area contributed by atoms with Gasteiger partial charge >= 0.3 is 65.2 Å². The quantitative estimate of drug-likeness (QED) is 0.194. The van der Waals surface area contributed by atoms with E-state index in [2.05, 4.69) is 25.2 Å². The van der Waals surface area contributed by atoms with E-state index < -0.39 is 50.8 Å². The number of alkyl carbamates (subject to hydrolysis) is 1. The molecule has 2 aromatic carbocycles. The van der Waals surface area contributed by atoms with Crippen LogP contribution in [0.1, 0.15) is 39.8 Å². The van der Waals surface area contributed by atoms with Crippen LogP contribution in [-0.2, 0) is 33.6 Å². The first-order valence-corrected chi connectivity index (χ1v) is 12.4. The topological polar surface area (TPSA) is 171 Å². The van der Waals surface area contributed by atoms with E-state index in [1.165, 1.54) is 18.2 Å². The molecule has 3 aromatic rings. The van der Waals surface area contributed by atoms with Gasteiger partial charge in [-0.25, -0.2) is 23.2 Å². The second kappa shape index (κ2) is 14.5. The molecule has 1 heterocycles. The normalized spacial score (nSPS) is 14.0. The minimum atomic E-state index is -5.19. The Hall–Kier alpha value is -1.42. The predicted molar refractivity (Wildman–Crippen MR) is 119 cm³/mol. The van der Waals surface area contributed by atoms with Crippen molar-refractivity contribution in [3.63, 3.8) is 0 Å². The summed E-state index contributed by atoms with van der Waals surface area (Å²) >= 11 is 5.75. The van der Waals surface area contributed by atoms with Gasteiger partial charge in [-0.2, -0.15) is 5.10 Å². The van der Waals surface area contributed by atoms with Gasteiger partial charge in [0, 0.05) is 16.8 Å². The molecule has 2 amide bonds. The molecule has 4 rings (SSSR count). The Morgan fingerprint density at radius 3 is 2.59 bits per heavy atom. The van der Waals surface area contributed by atoms with Gasteiger partial charge in [0.25, 0.3) is 5.91 Å². The number of carbonyl (C=O) groups excluding carboxylic acids is 2. The number of anilines is 1. The number of phosphoric acid groups is 1. The zero-order valence-corrected chi connectivity index (χ0v) is 26.3. The number of halogens is 3. The molecule has 1 aliphatic rings. The van der Waals surface area contributed by atoms with Crippen molar-refractivity contribution in [3.8, 4) is 0 Å². The summed E-state index contributed by atoms with van der Waals surface area (Å²) in [7, 11) is -5.19. The van der Waals surface area contributed by atoms with E-state index >= 15 is 0 Å². The number of aromatic nitrogens is 3. The number of nitrogens with zero attached hydrogens (tertiary/aromatic N) is 3. The van der Waals surface area contributed by atoms with Crippen LogP contribution in [0.2, 0.25) is 5.02 Å². The Morgan fingerprint density at radius 1 is 1.18 bits per heavy atom. The molecule has 0 fully saturated rings. The van der Waals surface area contributed by atoms with Crippen molar-refractivity contribution in [2.45, 2.75) is 32.2 Å². The van der Waals surface area contributed by atoms with Gasteiger partial charge in [0.2, 0.25) is 0 Å². The molecule has 0 saturated carbocycles. The summed E-state index contributed by atoms with van der Waals surface area (Å²) in [6.45, 7) is -1.10. The maximum Gasteiger partial charge on any atom is 1.00 e. The van der Waals surface area contributed by atoms with Crippen molar-refractivity contribution < 1.29 is 101 Å². The number of hydrogen-bond donors (Lipinski definition) is 2. The largest absolute Gasteiger partial charge is 1.00 e. The molecule has 12 nitrogen and oxygen atoms in total. The summed E-state index contributed by atoms with van der Waals surface area (Å²) in [4.78, 5) is 49.9. The minimum absolute atomic E-state index is 0. The van der Waals surface area contributed by atoms with E-state index in [0.717, 1.165) is 23.1 Å². The first-order valence-electron chi connectivity index (χ1n) is 10.6. The van der Waals surface area contributed by atoms with E-state index in [0.29, 0.717) is 18.4 Å². The average Bonchev–Trinajstić information content (AvgIpc) is 3.46. The second-order valence-corrected chi connectivity index (χ2v) is 9.35. The number of amides is 2. The minimum Gasteiger partial charge on any atom is -0.790 e. The van der Waals surface area contributed by atoms with Crippen LogP contribution in [0.15, 0.2) is 36.7 Å². The van der Waals surface area contributed by atoms with Crippen LogP contribution in [0.3, 0.4) is 0 Å². The first-order chi connectivity index (χ1) is 17.5. The Bertz CT molecular complexity index is 1410. The van der Waals surface area contributed by atoms with Crippen molar-refractivity contribution in [2.75, 3.05) is 5.32 Å². The molecular weight excluding hydrogens is 585 g/mol. The van der Waals surface area contributed by atoms with Gasteiger partial charge in [0.15, 0.2) is 12.4 Å². The molecule has 1 atom stereocenters. The molecule has 0 bridgehead atoms. The van der Waals surface area contributed by atoms with Crippen molar-refractivity contribution >= 4 is 37.1 Å². The van der Waals surface area contributed by atoms with Crippen molar-refractivity contribution in [1.29, 1.82) is 0 Å². The maximum absolute atomic E-state index is 14.7. The van der Waals surface area contributed by atoms with E-state index in [1.54, 1.807) is 0 Å². The Labute approximate surface area is 269 Å². The number of fused-ring (bicyclic) bond motifs is 1. The van der Waals surface area contributed by atoms with Crippen molar-refractivity contribution in [1.82, 2.24) is 20.1 Å². The Morgan fingerprint density at radius 2 is 1.90 bits per heavy atom. The molecule has 0 aliphatic heterocycles. The van der Waals surface area contributed by atoms with E-state index in [9.17, 15) is 32.7 Å². The van der Waals surface area contributed by atoms with E-state index in [4.69, 9.17) is 16.3 Å². The number of ether oxygens (including phenoxy) is 1. The third-order valence-corrected chi connectivity index (χ3v) is 6.04. The molecular formula is C21H17ClF2N5Na2O7P. The van der Waals surface area contributed by atoms with E-state index in [1.807, 2.05) is 0 Å². The van der Waals surface area contributed by atoms with Crippen LogP contribution in [0, 0.1) is 11.6 Å². The molecule has 1 aromatic heterocycles. The number of rotatable bonds is 8. The van der Waals surface area contributed by atoms with Crippen molar-refractivity contribution in [2.24, 2.45) is 0 Å². The molecule has 0 saturated heterocycles. The molecule has 0 spiro atoms. The molecule has 0 unspecified atom stereocenters. The molecule has 0 radical (unpaired) electrons. The van der Waals surface area contributed by atoms with Crippen molar-refractivity contribution in [3.05, 3.63) is 75.8 Å². The van der Waals surface area contributed by atoms with Crippen LogP contribution < -0.4 is 79.5 Å². The van der Waals surface area contributed by atoms with Crippen LogP contribution >= 0.6 is 19.4 Å². The van der Waals surface area contributed by atoms with Crippen LogP contribution in [0.5, 0.6) is 0 Å². The summed E-state index contributed by atoms with van der Waals surface area (Å²) in [5.41, 5.74) is 0.988. The van der Waals surface area contributed by atoms with Gasteiger partial charge in [0.05, 0.1) is 18.9 Å². The average molecular weight is 602 g/mol. The molecule has 196 valence electrons. The predicted octanol–water partition coefficient (Wildman–Crippen LogP) is -3.81. The number of nitrogens with one attached hydrogen (secondary N) is 2. The molecule has 1 aliphatic carbocycles. The summed E-state index contributed by atoms with van der Waals surface area (Å²) in [6, 6.07) is 5.33. The number of phosphoric ester groups is 1. The van der Waals surface area contributed by atoms with Gasteiger partial charge in [0.1, 0.15) is 24.7 Å². The maximum atomic E-state index is 14.7. The van der Waals surface area contributed by atoms with Gasteiger partial charge in [-0.15, -0.1) is 0 Å². The van der Waals surface area contributed by atoms with Crippen LogP contribution in [0.25, 0.3) is 0 Å². The molecule has 18 heteroatoms. The number of benzene rings is 2. The third kappa shape index (κ3) is 9.03. The van der Waals surface area contributed by atoms with Gasteiger partial charge in [-0.05, 0) is 48.7 Å². The Kier molecular flexibility index (Phi) is 12.5. The summed E-state index contributed by atoms with van der Waals surface area (Å²) in [5.74, 6) is -1.83. The van der Waals surface area contributed by atoms with E-state index in [-0.39, 0.29) is 86.8 Å². The SMILES string of the molecule is O=C(N[C@H]1CCc2c(C(=O)Nc3ccc(F)c(Cl)c3)ccc(F)c21)OCc1ncn(COP(=O)([O-])[O-])n1.[Na+].[Na+]. The monoisotopic (exact) mass is 601 g/mol. The fourth-order valence-electron chi connectivity index (χ4n) is 3.75. The Balaban J connectivity index is 0.00000267. The zero-order chi connectivity index (χ0) is 26.7. The summed E-state index contributed by atoms with van der Waals surface area (Å²) in [6.07, 6.45) is 0.744. The molecule has 39 heavy (non-hydrogen) atoms. The fraction of sp³-hybridized carbons (Fsp3) is 0.238. The number of hydrogen-bond acceptors (Lipinski definition) is 9. The third-order valence-electron chi connectivity index (χ3n) is 5.31. The fourth-order valence-corrected chi connectivity index (χ4v) is 4.19. The summed E-state index contributed by atoms with van der Waals surface area (Å²) < 4.78 is 48.6. The molecule has 2 N–H and O–H groups in total. The van der Waals surface area contributed by atoms with Gasteiger partial charge < -0.3 is 34.2 Å². The van der Waals surface area contributed by atoms with Crippen LogP contribution in [-0.4, -0.2) is 26.8 Å². The number of carbonyl (C=O) groups is 2.